The molecule has 0 saturated heterocycles. The molecule has 10 nitrogen and oxygen atoms in total. The largest absolute Gasteiger partial charge is 0.492 e. The molecule has 0 radical (unpaired) electrons. The Bertz CT molecular complexity index is 1850. The van der Waals surface area contributed by atoms with Crippen molar-refractivity contribution in [2.24, 2.45) is 0 Å². The first-order valence-electron chi connectivity index (χ1n) is 20.8. The van der Waals surface area contributed by atoms with Crippen molar-refractivity contribution in [3.05, 3.63) is 204 Å². The SMILES string of the molecule is CC(COc1ccccc1)N(C)CCOC(c1ccccc1)c1ccccc1.CC(COc1ccccc1)N(C)CCOC(c1ccccc1)c1ccccc1.O=C(O)C(=O)O. The molecule has 0 aromatic heterocycles. The highest BCUT2D eigenvalue weighted by atomic mass is 16.5. The van der Waals surface area contributed by atoms with Crippen LogP contribution in [0.1, 0.15) is 48.3 Å². The van der Waals surface area contributed by atoms with Crippen LogP contribution >= 0.6 is 0 Å². The molecular weight excluding hydrogens is 781 g/mol. The van der Waals surface area contributed by atoms with Crippen LogP contribution in [0.2, 0.25) is 0 Å². The van der Waals surface area contributed by atoms with Crippen molar-refractivity contribution in [1.82, 2.24) is 9.80 Å². The van der Waals surface area contributed by atoms with Crippen LogP contribution in [0.5, 0.6) is 11.5 Å². The van der Waals surface area contributed by atoms with Crippen LogP contribution in [0.15, 0.2) is 182 Å². The molecule has 6 rings (SSSR count). The number of carboxylic acids is 2. The van der Waals surface area contributed by atoms with Crippen molar-refractivity contribution < 1.29 is 38.7 Å². The molecule has 0 aliphatic carbocycles. The first kappa shape index (κ1) is 48.4. The summed E-state index contributed by atoms with van der Waals surface area (Å²) in [7, 11) is 4.23. The van der Waals surface area contributed by atoms with Gasteiger partial charge in [0, 0.05) is 25.2 Å². The lowest BCUT2D eigenvalue weighted by atomic mass is 10.0. The summed E-state index contributed by atoms with van der Waals surface area (Å²) < 4.78 is 24.4. The Morgan fingerprint density at radius 3 is 0.919 bits per heavy atom. The number of aliphatic carboxylic acids is 2. The molecule has 326 valence electrons. The van der Waals surface area contributed by atoms with Gasteiger partial charge in [0.05, 0.1) is 13.2 Å². The van der Waals surface area contributed by atoms with Crippen molar-refractivity contribution in [2.75, 3.05) is 53.6 Å². The van der Waals surface area contributed by atoms with E-state index >= 15 is 0 Å². The maximum Gasteiger partial charge on any atom is 0.414 e. The lowest BCUT2D eigenvalue weighted by Gasteiger charge is -2.26. The second kappa shape index (κ2) is 27.5. The van der Waals surface area contributed by atoms with Crippen LogP contribution in [-0.2, 0) is 19.1 Å². The van der Waals surface area contributed by atoms with Gasteiger partial charge >= 0.3 is 11.9 Å². The summed E-state index contributed by atoms with van der Waals surface area (Å²) in [5.74, 6) is -1.83. The summed E-state index contributed by atoms with van der Waals surface area (Å²) in [4.78, 5) is 22.7. The number of carbonyl (C=O) groups is 2. The third-order valence-corrected chi connectivity index (χ3v) is 10.0. The number of benzene rings is 6. The predicted molar refractivity (Wildman–Crippen MR) is 245 cm³/mol. The Balaban J connectivity index is 0.000000241. The quantitative estimate of drug-likeness (QED) is 0.0720. The standard InChI is InChI=1S/2C25H29NO2.C2H2O4/c2*1-21(20-28-24-16-10-5-11-17-24)26(2)18-19-27-25(22-12-6-3-7-13-22)23-14-8-4-9-15-23;3-1(4)2(5)6/h2*3-17,21,25H,18-20H2,1-2H3;(H,3,4)(H,5,6). The van der Waals surface area contributed by atoms with E-state index in [9.17, 15) is 0 Å². The average molecular weight is 841 g/mol. The molecule has 2 atom stereocenters. The number of ether oxygens (including phenoxy) is 4. The molecule has 0 aliphatic rings. The predicted octanol–water partition coefficient (Wildman–Crippen LogP) is 9.54. The minimum atomic E-state index is -1.82. The zero-order chi connectivity index (χ0) is 44.4. The molecule has 6 aromatic carbocycles. The normalized spacial score (nSPS) is 11.8. The molecule has 0 aliphatic heterocycles. The van der Waals surface area contributed by atoms with E-state index in [2.05, 4.69) is 135 Å². The summed E-state index contributed by atoms with van der Waals surface area (Å²) >= 11 is 0. The summed E-state index contributed by atoms with van der Waals surface area (Å²) in [6.45, 7) is 8.65. The van der Waals surface area contributed by atoms with Gasteiger partial charge in [0.15, 0.2) is 0 Å². The van der Waals surface area contributed by atoms with Crippen molar-refractivity contribution in [2.45, 2.75) is 38.1 Å². The summed E-state index contributed by atoms with van der Waals surface area (Å²) in [5, 5.41) is 14.8. The van der Waals surface area contributed by atoms with Gasteiger partial charge in [-0.25, -0.2) is 9.59 Å². The van der Waals surface area contributed by atoms with Gasteiger partial charge < -0.3 is 29.2 Å². The molecule has 2 unspecified atom stereocenters. The second-order valence-corrected chi connectivity index (χ2v) is 14.7. The van der Waals surface area contributed by atoms with E-state index in [-0.39, 0.29) is 12.2 Å². The van der Waals surface area contributed by atoms with Gasteiger partial charge in [-0.1, -0.05) is 158 Å². The number of para-hydroxylation sites is 2. The van der Waals surface area contributed by atoms with E-state index < -0.39 is 11.9 Å². The van der Waals surface area contributed by atoms with E-state index in [1.165, 1.54) is 22.3 Å². The second-order valence-electron chi connectivity index (χ2n) is 14.7. The average Bonchev–Trinajstić information content (AvgIpc) is 3.32. The lowest BCUT2D eigenvalue weighted by molar-refractivity contribution is -0.159. The number of nitrogens with zero attached hydrogens (tertiary/aromatic N) is 2. The third kappa shape index (κ3) is 17.7. The van der Waals surface area contributed by atoms with Gasteiger partial charge in [-0.2, -0.15) is 0 Å². The molecule has 6 aromatic rings. The summed E-state index contributed by atoms with van der Waals surface area (Å²) in [5.41, 5.74) is 4.71. The molecule has 0 amide bonds. The fourth-order valence-electron chi connectivity index (χ4n) is 6.07. The highest BCUT2D eigenvalue weighted by Crippen LogP contribution is 2.27. The molecule has 0 heterocycles. The number of hydrogen-bond acceptors (Lipinski definition) is 8. The first-order valence-corrected chi connectivity index (χ1v) is 20.8. The molecule has 0 saturated carbocycles. The van der Waals surface area contributed by atoms with Crippen LogP contribution < -0.4 is 9.47 Å². The summed E-state index contributed by atoms with van der Waals surface area (Å²) in [6, 6.07) is 62.1. The number of carboxylic acid groups (broad SMARTS) is 2. The van der Waals surface area contributed by atoms with Crippen molar-refractivity contribution in [3.63, 3.8) is 0 Å². The van der Waals surface area contributed by atoms with E-state index in [4.69, 9.17) is 38.7 Å². The van der Waals surface area contributed by atoms with E-state index in [0.29, 0.717) is 38.5 Å². The van der Waals surface area contributed by atoms with Crippen LogP contribution in [0.3, 0.4) is 0 Å². The molecule has 10 heteroatoms. The third-order valence-electron chi connectivity index (χ3n) is 10.0. The minimum absolute atomic E-state index is 0.0494. The van der Waals surface area contributed by atoms with Gasteiger partial charge in [0.2, 0.25) is 0 Å². The van der Waals surface area contributed by atoms with Crippen molar-refractivity contribution >= 4 is 11.9 Å². The van der Waals surface area contributed by atoms with Gasteiger partial charge in [-0.15, -0.1) is 0 Å². The highest BCUT2D eigenvalue weighted by molar-refractivity contribution is 6.27. The molecular formula is C52H60N2O8. The number of hydrogen-bond donors (Lipinski definition) is 2. The first-order chi connectivity index (χ1) is 30.1. The van der Waals surface area contributed by atoms with Crippen molar-refractivity contribution in [1.29, 1.82) is 0 Å². The lowest BCUT2D eigenvalue weighted by Crippen LogP contribution is -2.36. The van der Waals surface area contributed by atoms with Crippen LogP contribution in [0, 0.1) is 0 Å². The van der Waals surface area contributed by atoms with Crippen LogP contribution in [0.4, 0.5) is 0 Å². The smallest absolute Gasteiger partial charge is 0.414 e. The zero-order valence-corrected chi connectivity index (χ0v) is 36.1. The Kier molecular flexibility index (Phi) is 21.5. The topological polar surface area (TPSA) is 118 Å². The van der Waals surface area contributed by atoms with Gasteiger partial charge in [0.1, 0.15) is 36.9 Å². The maximum absolute atomic E-state index is 9.10. The number of rotatable bonds is 20. The number of likely N-dealkylation sites (N-methyl/N-ethyl adjacent to an activating group) is 2. The monoisotopic (exact) mass is 840 g/mol. The Morgan fingerprint density at radius 1 is 0.435 bits per heavy atom. The Morgan fingerprint density at radius 2 is 0.677 bits per heavy atom. The molecule has 0 spiro atoms. The zero-order valence-electron chi connectivity index (χ0n) is 36.1. The molecule has 0 fully saturated rings. The Hall–Kier alpha value is -6.30. The van der Waals surface area contributed by atoms with Gasteiger partial charge in [-0.3, -0.25) is 9.80 Å². The maximum atomic E-state index is 9.10. The minimum Gasteiger partial charge on any atom is -0.492 e. The van der Waals surface area contributed by atoms with E-state index in [1.807, 2.05) is 84.9 Å². The highest BCUT2D eigenvalue weighted by Gasteiger charge is 2.18. The van der Waals surface area contributed by atoms with Gasteiger partial charge in [-0.05, 0) is 74.5 Å². The van der Waals surface area contributed by atoms with E-state index in [1.54, 1.807) is 0 Å². The molecule has 0 bridgehead atoms. The van der Waals surface area contributed by atoms with E-state index in [0.717, 1.165) is 24.6 Å². The van der Waals surface area contributed by atoms with Crippen molar-refractivity contribution in [3.8, 4) is 11.5 Å². The van der Waals surface area contributed by atoms with Crippen LogP contribution in [-0.4, -0.2) is 97.6 Å². The fraction of sp³-hybridized carbons (Fsp3) is 0.269. The summed E-state index contributed by atoms with van der Waals surface area (Å²) in [6.07, 6.45) is -0.0988. The molecule has 2 N–H and O–H groups in total. The fourth-order valence-corrected chi connectivity index (χ4v) is 6.07. The van der Waals surface area contributed by atoms with Gasteiger partial charge in [0.25, 0.3) is 0 Å². The van der Waals surface area contributed by atoms with Crippen LogP contribution in [0.25, 0.3) is 0 Å². The molecule has 62 heavy (non-hydrogen) atoms. The Labute approximate surface area is 366 Å².